The fourth-order valence-corrected chi connectivity index (χ4v) is 2.40. The Morgan fingerprint density at radius 2 is 2.19 bits per heavy atom. The van der Waals surface area contributed by atoms with Crippen molar-refractivity contribution in [2.75, 3.05) is 5.32 Å². The van der Waals surface area contributed by atoms with Crippen molar-refractivity contribution in [1.82, 2.24) is 5.32 Å². The topological polar surface area (TPSA) is 50.4 Å². The number of carbonyl (C=O) groups is 1. The number of ether oxygens (including phenoxy) is 1. The fraction of sp³-hybridized carbons (Fsp3) is 0.154. The number of amides is 2. The van der Waals surface area contributed by atoms with Crippen LogP contribution in [-0.4, -0.2) is 12.6 Å². The Labute approximate surface area is 128 Å². The van der Waals surface area contributed by atoms with Gasteiger partial charge in [-0.05, 0) is 29.6 Å². The average Bonchev–Trinajstić information content (AvgIpc) is 2.92. The molecule has 0 saturated carbocycles. The van der Waals surface area contributed by atoms with Crippen molar-refractivity contribution in [3.63, 3.8) is 0 Å². The molecular weight excluding hydrogens is 322 g/mol. The van der Waals surface area contributed by atoms with Crippen LogP contribution in [0.2, 0.25) is 5.02 Å². The highest BCUT2D eigenvalue weighted by molar-refractivity contribution is 7.09. The van der Waals surface area contributed by atoms with Crippen LogP contribution in [0.25, 0.3) is 0 Å². The number of benzene rings is 1. The van der Waals surface area contributed by atoms with Gasteiger partial charge in [0.1, 0.15) is 5.75 Å². The average molecular weight is 333 g/mol. The van der Waals surface area contributed by atoms with E-state index in [2.05, 4.69) is 15.4 Å². The number of rotatable bonds is 5. The van der Waals surface area contributed by atoms with Crippen LogP contribution in [0.3, 0.4) is 0 Å². The molecule has 0 aliphatic heterocycles. The third-order valence-electron chi connectivity index (χ3n) is 2.41. The quantitative estimate of drug-likeness (QED) is 0.856. The molecule has 112 valence electrons. The second-order valence-electron chi connectivity index (χ2n) is 3.91. The molecule has 1 aromatic heterocycles. The number of urea groups is 1. The highest BCUT2D eigenvalue weighted by Gasteiger charge is 2.10. The molecule has 2 amide bonds. The van der Waals surface area contributed by atoms with Crippen molar-refractivity contribution in [2.45, 2.75) is 13.2 Å². The Hall–Kier alpha value is -1.86. The van der Waals surface area contributed by atoms with E-state index in [1.807, 2.05) is 17.5 Å². The van der Waals surface area contributed by atoms with E-state index in [-0.39, 0.29) is 10.8 Å². The predicted molar refractivity (Wildman–Crippen MR) is 78.3 cm³/mol. The number of anilines is 1. The van der Waals surface area contributed by atoms with Gasteiger partial charge in [0, 0.05) is 10.6 Å². The van der Waals surface area contributed by atoms with Gasteiger partial charge < -0.3 is 15.4 Å². The molecular formula is C13H11ClF2N2O2S. The zero-order chi connectivity index (χ0) is 15.2. The fourth-order valence-electron chi connectivity index (χ4n) is 1.53. The van der Waals surface area contributed by atoms with Gasteiger partial charge in [0.25, 0.3) is 0 Å². The molecule has 21 heavy (non-hydrogen) atoms. The van der Waals surface area contributed by atoms with E-state index in [1.54, 1.807) is 0 Å². The summed E-state index contributed by atoms with van der Waals surface area (Å²) in [5, 5.41) is 7.12. The minimum absolute atomic E-state index is 0.00800. The summed E-state index contributed by atoms with van der Waals surface area (Å²) in [7, 11) is 0. The maximum absolute atomic E-state index is 12.1. The molecule has 8 heteroatoms. The second kappa shape index (κ2) is 7.24. The zero-order valence-corrected chi connectivity index (χ0v) is 12.2. The Morgan fingerprint density at radius 1 is 1.38 bits per heavy atom. The van der Waals surface area contributed by atoms with Gasteiger partial charge in [0.05, 0.1) is 11.6 Å². The highest BCUT2D eigenvalue weighted by atomic mass is 35.5. The molecule has 2 rings (SSSR count). The molecule has 4 nitrogen and oxygen atoms in total. The van der Waals surface area contributed by atoms with Crippen molar-refractivity contribution < 1.29 is 18.3 Å². The number of halogens is 3. The molecule has 1 heterocycles. The number of thiophene rings is 1. The summed E-state index contributed by atoms with van der Waals surface area (Å²) in [6.45, 7) is -2.54. The summed E-state index contributed by atoms with van der Waals surface area (Å²) in [5.41, 5.74) is 0.380. The monoisotopic (exact) mass is 332 g/mol. The number of hydrogen-bond donors (Lipinski definition) is 2. The third-order valence-corrected chi connectivity index (χ3v) is 3.58. The maximum atomic E-state index is 12.1. The minimum atomic E-state index is -2.95. The second-order valence-corrected chi connectivity index (χ2v) is 5.35. The van der Waals surface area contributed by atoms with Gasteiger partial charge in [0.15, 0.2) is 0 Å². The van der Waals surface area contributed by atoms with E-state index >= 15 is 0 Å². The van der Waals surface area contributed by atoms with Crippen LogP contribution >= 0.6 is 22.9 Å². The number of nitrogens with one attached hydrogen (secondary N) is 2. The highest BCUT2D eigenvalue weighted by Crippen LogP contribution is 2.28. The summed E-state index contributed by atoms with van der Waals surface area (Å²) in [5.74, 6) is -0.142. The van der Waals surface area contributed by atoms with Crippen LogP contribution in [0.1, 0.15) is 4.88 Å². The van der Waals surface area contributed by atoms with Gasteiger partial charge in [-0.3, -0.25) is 0 Å². The standard InChI is InChI=1S/C13H11ClF2N2O2S/c14-10-6-8(3-4-11(10)20-12(15)16)18-13(19)17-7-9-2-1-5-21-9/h1-6,12H,7H2,(H2,17,18,19). The molecule has 2 aromatic rings. The molecule has 0 aliphatic carbocycles. The molecule has 0 radical (unpaired) electrons. The van der Waals surface area contributed by atoms with E-state index in [1.165, 1.54) is 29.5 Å². The SMILES string of the molecule is O=C(NCc1cccs1)Nc1ccc(OC(F)F)c(Cl)c1. The maximum Gasteiger partial charge on any atom is 0.387 e. The van der Waals surface area contributed by atoms with Crippen LogP contribution in [-0.2, 0) is 6.54 Å². The number of carbonyl (C=O) groups excluding carboxylic acids is 1. The molecule has 1 aromatic carbocycles. The number of alkyl halides is 2. The Morgan fingerprint density at radius 3 is 2.81 bits per heavy atom. The predicted octanol–water partition coefficient (Wildman–Crippen LogP) is 4.32. The summed E-state index contributed by atoms with van der Waals surface area (Å²) >= 11 is 7.32. The van der Waals surface area contributed by atoms with Crippen LogP contribution < -0.4 is 15.4 Å². The first-order valence-corrected chi connectivity index (χ1v) is 7.12. The van der Waals surface area contributed by atoms with Crippen molar-refractivity contribution in [2.24, 2.45) is 0 Å². The molecule has 0 bridgehead atoms. The summed E-state index contributed by atoms with van der Waals surface area (Å²) in [4.78, 5) is 12.7. The first kappa shape index (κ1) is 15.5. The molecule has 2 N–H and O–H groups in total. The number of hydrogen-bond acceptors (Lipinski definition) is 3. The van der Waals surface area contributed by atoms with Gasteiger partial charge in [-0.1, -0.05) is 17.7 Å². The molecule has 0 atom stereocenters. The lowest BCUT2D eigenvalue weighted by Crippen LogP contribution is -2.27. The van der Waals surface area contributed by atoms with E-state index in [0.717, 1.165) is 4.88 Å². The van der Waals surface area contributed by atoms with E-state index in [0.29, 0.717) is 12.2 Å². The van der Waals surface area contributed by atoms with Gasteiger partial charge in [0.2, 0.25) is 0 Å². The Kier molecular flexibility index (Phi) is 5.35. The molecule has 0 fully saturated rings. The summed E-state index contributed by atoms with van der Waals surface area (Å²) < 4.78 is 28.4. The lowest BCUT2D eigenvalue weighted by Gasteiger charge is -2.10. The van der Waals surface area contributed by atoms with E-state index in [9.17, 15) is 13.6 Å². The van der Waals surface area contributed by atoms with Crippen molar-refractivity contribution in [1.29, 1.82) is 0 Å². The smallest absolute Gasteiger partial charge is 0.387 e. The van der Waals surface area contributed by atoms with Crippen molar-refractivity contribution >= 4 is 34.7 Å². The van der Waals surface area contributed by atoms with Crippen LogP contribution in [0.15, 0.2) is 35.7 Å². The first-order chi connectivity index (χ1) is 10.0. The van der Waals surface area contributed by atoms with Gasteiger partial charge in [-0.15, -0.1) is 11.3 Å². The summed E-state index contributed by atoms with van der Waals surface area (Å²) in [6, 6.07) is 7.41. The van der Waals surface area contributed by atoms with Gasteiger partial charge in [-0.2, -0.15) is 8.78 Å². The molecule has 0 aliphatic rings. The van der Waals surface area contributed by atoms with Crippen LogP contribution in [0.4, 0.5) is 19.3 Å². The zero-order valence-electron chi connectivity index (χ0n) is 10.6. The third kappa shape index (κ3) is 4.87. The van der Waals surface area contributed by atoms with Crippen LogP contribution in [0, 0.1) is 0 Å². The molecule has 0 spiro atoms. The Balaban J connectivity index is 1.90. The Bertz CT molecular complexity index is 608. The first-order valence-electron chi connectivity index (χ1n) is 5.86. The minimum Gasteiger partial charge on any atom is -0.433 e. The molecule has 0 saturated heterocycles. The van der Waals surface area contributed by atoms with E-state index in [4.69, 9.17) is 11.6 Å². The van der Waals surface area contributed by atoms with Crippen molar-refractivity contribution in [3.8, 4) is 5.75 Å². The van der Waals surface area contributed by atoms with Gasteiger partial charge >= 0.3 is 12.6 Å². The van der Waals surface area contributed by atoms with Crippen molar-refractivity contribution in [3.05, 3.63) is 45.6 Å². The van der Waals surface area contributed by atoms with E-state index < -0.39 is 12.6 Å². The lowest BCUT2D eigenvalue weighted by molar-refractivity contribution is -0.0497. The van der Waals surface area contributed by atoms with Gasteiger partial charge in [-0.25, -0.2) is 4.79 Å². The van der Waals surface area contributed by atoms with Crippen LogP contribution in [0.5, 0.6) is 5.75 Å². The molecule has 0 unspecified atom stereocenters. The summed E-state index contributed by atoms with van der Waals surface area (Å²) in [6.07, 6.45) is 0. The lowest BCUT2D eigenvalue weighted by atomic mass is 10.3. The normalized spacial score (nSPS) is 10.5. The largest absolute Gasteiger partial charge is 0.433 e.